The molecule has 0 fully saturated rings. The molecular weight excluding hydrogens is 268 g/mol. The van der Waals surface area contributed by atoms with Gasteiger partial charge in [0.15, 0.2) is 0 Å². The van der Waals surface area contributed by atoms with Gasteiger partial charge >= 0.3 is 11.9 Å². The van der Waals surface area contributed by atoms with Crippen LogP contribution in [0.15, 0.2) is 11.6 Å². The maximum Gasteiger partial charge on any atom is 0.334 e. The molecule has 0 aromatic rings. The summed E-state index contributed by atoms with van der Waals surface area (Å²) in [5.41, 5.74) is -0.0610. The van der Waals surface area contributed by atoms with Gasteiger partial charge in [-0.1, -0.05) is 0 Å². The summed E-state index contributed by atoms with van der Waals surface area (Å²) in [4.78, 5) is 43.5. The van der Waals surface area contributed by atoms with Gasteiger partial charge in [-0.15, -0.1) is 0 Å². The predicted molar refractivity (Wildman–Crippen MR) is 68.7 cm³/mol. The minimum atomic E-state index is -1.28. The van der Waals surface area contributed by atoms with Crippen LogP contribution in [-0.4, -0.2) is 48.6 Å². The van der Waals surface area contributed by atoms with Crippen LogP contribution in [0, 0.1) is 0 Å². The minimum absolute atomic E-state index is 0.0465. The van der Waals surface area contributed by atoms with Crippen LogP contribution in [0.4, 0.5) is 0 Å². The number of nitrogens with one attached hydrogen (secondary N) is 2. The van der Waals surface area contributed by atoms with E-state index in [0.29, 0.717) is 0 Å². The number of carbonyl (C=O) groups excluding carboxylic acids is 3. The number of ether oxygens (including phenoxy) is 1. The zero-order valence-electron chi connectivity index (χ0n) is 11.4. The van der Waals surface area contributed by atoms with Crippen molar-refractivity contribution in [2.45, 2.75) is 20.3 Å². The van der Waals surface area contributed by atoms with Crippen molar-refractivity contribution in [3.8, 4) is 0 Å². The molecule has 20 heavy (non-hydrogen) atoms. The first-order chi connectivity index (χ1) is 9.32. The highest BCUT2D eigenvalue weighted by Crippen LogP contribution is 2.03. The lowest BCUT2D eigenvalue weighted by Gasteiger charge is -2.08. The smallest absolute Gasteiger partial charge is 0.334 e. The SMILES string of the molecule is CC(=O)NCCOC(=O)C(=CC(=O)O)CCNC(C)=O. The van der Waals surface area contributed by atoms with Crippen molar-refractivity contribution in [1.82, 2.24) is 10.6 Å². The third kappa shape index (κ3) is 9.63. The number of hydrogen-bond acceptors (Lipinski definition) is 5. The molecule has 0 aromatic heterocycles. The van der Waals surface area contributed by atoms with E-state index in [0.717, 1.165) is 6.08 Å². The van der Waals surface area contributed by atoms with Gasteiger partial charge in [0.1, 0.15) is 6.61 Å². The molecule has 0 heterocycles. The number of hydrogen-bond donors (Lipinski definition) is 3. The number of carboxylic acid groups (broad SMARTS) is 1. The van der Waals surface area contributed by atoms with E-state index in [-0.39, 0.29) is 43.5 Å². The van der Waals surface area contributed by atoms with Crippen LogP contribution in [-0.2, 0) is 23.9 Å². The largest absolute Gasteiger partial charge is 0.478 e. The van der Waals surface area contributed by atoms with Gasteiger partial charge in [0, 0.05) is 32.0 Å². The molecule has 0 atom stereocenters. The van der Waals surface area contributed by atoms with Crippen molar-refractivity contribution in [1.29, 1.82) is 0 Å². The summed E-state index contributed by atoms with van der Waals surface area (Å²) in [5, 5.41) is 13.5. The van der Waals surface area contributed by atoms with E-state index in [1.54, 1.807) is 0 Å². The molecule has 0 aliphatic heterocycles. The Labute approximate surface area is 116 Å². The highest BCUT2D eigenvalue weighted by Gasteiger charge is 2.13. The second-order valence-electron chi connectivity index (χ2n) is 3.86. The second-order valence-corrected chi connectivity index (χ2v) is 3.86. The van der Waals surface area contributed by atoms with Crippen LogP contribution >= 0.6 is 0 Å². The summed E-state index contributed by atoms with van der Waals surface area (Å²) in [6.45, 7) is 2.86. The summed E-state index contributed by atoms with van der Waals surface area (Å²) in [7, 11) is 0. The topological polar surface area (TPSA) is 122 Å². The molecule has 112 valence electrons. The van der Waals surface area contributed by atoms with Gasteiger partial charge < -0.3 is 20.5 Å². The molecule has 8 heteroatoms. The quantitative estimate of drug-likeness (QED) is 0.305. The van der Waals surface area contributed by atoms with Crippen LogP contribution in [0.3, 0.4) is 0 Å². The van der Waals surface area contributed by atoms with Gasteiger partial charge in [-0.05, 0) is 6.42 Å². The third-order valence-electron chi connectivity index (χ3n) is 2.04. The molecule has 0 rings (SSSR count). The first-order valence-corrected chi connectivity index (χ1v) is 5.92. The summed E-state index contributed by atoms with van der Waals surface area (Å²) in [6, 6.07) is 0. The van der Waals surface area contributed by atoms with Gasteiger partial charge in [0.25, 0.3) is 0 Å². The highest BCUT2D eigenvalue weighted by molar-refractivity contribution is 5.95. The number of esters is 1. The lowest BCUT2D eigenvalue weighted by atomic mass is 10.1. The van der Waals surface area contributed by atoms with Crippen LogP contribution < -0.4 is 10.6 Å². The molecule has 0 saturated carbocycles. The van der Waals surface area contributed by atoms with Crippen LogP contribution in [0.2, 0.25) is 0 Å². The molecule has 0 radical (unpaired) electrons. The summed E-state index contributed by atoms with van der Waals surface area (Å²) < 4.78 is 4.82. The van der Waals surface area contributed by atoms with Crippen molar-refractivity contribution in [3.05, 3.63) is 11.6 Å². The van der Waals surface area contributed by atoms with Crippen molar-refractivity contribution >= 4 is 23.8 Å². The molecular formula is C12H18N2O6. The average molecular weight is 286 g/mol. The number of amides is 2. The van der Waals surface area contributed by atoms with Crippen molar-refractivity contribution in [2.75, 3.05) is 19.7 Å². The second kappa shape index (κ2) is 9.54. The zero-order valence-corrected chi connectivity index (χ0v) is 11.4. The molecule has 0 aliphatic rings. The Morgan fingerprint density at radius 3 is 2.10 bits per heavy atom. The maximum absolute atomic E-state index is 11.6. The first kappa shape index (κ1) is 17.6. The van der Waals surface area contributed by atoms with E-state index in [1.165, 1.54) is 13.8 Å². The Hall–Kier alpha value is -2.38. The molecule has 3 N–H and O–H groups in total. The normalized spacial score (nSPS) is 10.6. The fraction of sp³-hybridized carbons (Fsp3) is 0.500. The highest BCUT2D eigenvalue weighted by atomic mass is 16.5. The van der Waals surface area contributed by atoms with Crippen molar-refractivity contribution in [2.24, 2.45) is 0 Å². The number of rotatable bonds is 8. The average Bonchev–Trinajstić information content (AvgIpc) is 2.32. The monoisotopic (exact) mass is 286 g/mol. The van der Waals surface area contributed by atoms with Gasteiger partial charge in [-0.3, -0.25) is 9.59 Å². The molecule has 0 aliphatic carbocycles. The van der Waals surface area contributed by atoms with Crippen LogP contribution in [0.25, 0.3) is 0 Å². The molecule has 0 unspecified atom stereocenters. The van der Waals surface area contributed by atoms with Gasteiger partial charge in [-0.25, -0.2) is 9.59 Å². The third-order valence-corrected chi connectivity index (χ3v) is 2.04. The maximum atomic E-state index is 11.6. The Balaban J connectivity index is 4.32. The molecule has 8 nitrogen and oxygen atoms in total. The Morgan fingerprint density at radius 1 is 1.05 bits per heavy atom. The number of aliphatic carboxylic acids is 1. The van der Waals surface area contributed by atoms with Crippen LogP contribution in [0.1, 0.15) is 20.3 Å². The van der Waals surface area contributed by atoms with E-state index in [4.69, 9.17) is 9.84 Å². The Kier molecular flexibility index (Phi) is 8.40. The van der Waals surface area contributed by atoms with Crippen molar-refractivity contribution in [3.63, 3.8) is 0 Å². The summed E-state index contributed by atoms with van der Waals surface area (Å²) in [6.07, 6.45) is 0.785. The van der Waals surface area contributed by atoms with Crippen LogP contribution in [0.5, 0.6) is 0 Å². The fourth-order valence-electron chi connectivity index (χ4n) is 1.22. The predicted octanol–water partition coefficient (Wildman–Crippen LogP) is -0.797. The fourth-order valence-corrected chi connectivity index (χ4v) is 1.22. The summed E-state index contributed by atoms with van der Waals surface area (Å²) in [5.74, 6) is -2.60. The Morgan fingerprint density at radius 2 is 1.60 bits per heavy atom. The van der Waals surface area contributed by atoms with Crippen molar-refractivity contribution < 1.29 is 29.0 Å². The summed E-state index contributed by atoms with van der Waals surface area (Å²) >= 11 is 0. The van der Waals surface area contributed by atoms with E-state index in [2.05, 4.69) is 10.6 Å². The minimum Gasteiger partial charge on any atom is -0.478 e. The molecule has 0 aromatic carbocycles. The molecule has 2 amide bonds. The van der Waals surface area contributed by atoms with Gasteiger partial charge in [0.2, 0.25) is 11.8 Å². The zero-order chi connectivity index (χ0) is 15.5. The Bertz CT molecular complexity index is 416. The lowest BCUT2D eigenvalue weighted by molar-refractivity contribution is -0.140. The molecule has 0 saturated heterocycles. The standard InChI is InChI=1S/C12H18N2O6/c1-8(15)13-4-3-10(7-11(17)18)12(19)20-6-5-14-9(2)16/h7H,3-6H2,1-2H3,(H,13,15)(H,14,16)(H,17,18). The number of carboxylic acids is 1. The first-order valence-electron chi connectivity index (χ1n) is 5.92. The van der Waals surface area contributed by atoms with E-state index in [9.17, 15) is 19.2 Å². The molecule has 0 bridgehead atoms. The molecule has 0 spiro atoms. The lowest BCUT2D eigenvalue weighted by Crippen LogP contribution is -2.27. The van der Waals surface area contributed by atoms with Gasteiger partial charge in [0.05, 0.1) is 6.54 Å². The van der Waals surface area contributed by atoms with Gasteiger partial charge in [-0.2, -0.15) is 0 Å². The van der Waals surface area contributed by atoms with E-state index >= 15 is 0 Å². The number of carbonyl (C=O) groups is 4. The van der Waals surface area contributed by atoms with E-state index < -0.39 is 11.9 Å². The van der Waals surface area contributed by atoms with E-state index in [1.807, 2.05) is 0 Å².